The van der Waals surface area contributed by atoms with Gasteiger partial charge >= 0.3 is 12.1 Å². The molecule has 2 heterocycles. The molecule has 4 atom stereocenters. The first-order chi connectivity index (χ1) is 35.7. The molecule has 0 unspecified atom stereocenters. The molecule has 1 aliphatic rings. The summed E-state index contributed by atoms with van der Waals surface area (Å²) in [5, 5.41) is 24.7. The summed E-state index contributed by atoms with van der Waals surface area (Å²) in [6.07, 6.45) is -1.04. The smallest absolute Gasteiger partial charge is 0.417 e. The molecule has 416 valence electrons. The van der Waals surface area contributed by atoms with Gasteiger partial charge in [0, 0.05) is 68.6 Å². The molecule has 0 spiro atoms. The Hall–Kier alpha value is -6.74. The van der Waals surface area contributed by atoms with E-state index >= 15 is 0 Å². The van der Waals surface area contributed by atoms with Crippen molar-refractivity contribution >= 4 is 74.6 Å². The number of rotatable bonds is 26. The highest BCUT2D eigenvalue weighted by molar-refractivity contribution is 7.89. The number of alkyl halides is 3. The van der Waals surface area contributed by atoms with Gasteiger partial charge in [0.15, 0.2) is 0 Å². The lowest BCUT2D eigenvalue weighted by atomic mass is 9.85. The fraction of sp³-hybridized carbons (Fsp3) is 0.490. The summed E-state index contributed by atoms with van der Waals surface area (Å²) < 4.78 is 67.6. The van der Waals surface area contributed by atoms with Crippen LogP contribution in [-0.2, 0) is 56.2 Å². The van der Waals surface area contributed by atoms with E-state index in [1.165, 1.54) is 36.7 Å². The SMILES string of the molecule is CC(C)(C)[C@H](NC(=O)[C@H](Cc1ccncc1)NC(=O)CNC(=O)CC[C@H](NS(=O)(=O)c1ccc(Cl)c(C(F)(F)F)c1)C(=O)O)C(=O)Nc1ccc(C(=O)N2CCC(C(=O)N[C@H](CCCCN)C(=O)NCCN)CC2)cc1. The van der Waals surface area contributed by atoms with Crippen LogP contribution in [0, 0.1) is 11.3 Å². The van der Waals surface area contributed by atoms with Gasteiger partial charge in [-0.2, -0.15) is 17.9 Å². The number of amides is 7. The van der Waals surface area contributed by atoms with Gasteiger partial charge in [-0.05, 0) is 111 Å². The van der Waals surface area contributed by atoms with E-state index in [2.05, 4.69) is 36.9 Å². The zero-order valence-electron chi connectivity index (χ0n) is 42.1. The van der Waals surface area contributed by atoms with Crippen LogP contribution < -0.4 is 48.1 Å². The second-order valence-electron chi connectivity index (χ2n) is 19.0. The number of aromatic nitrogens is 1. The first kappa shape index (κ1) is 61.8. The minimum absolute atomic E-state index is 0.101. The first-order valence-corrected chi connectivity index (χ1v) is 26.2. The summed E-state index contributed by atoms with van der Waals surface area (Å²) in [7, 11) is -4.87. The fourth-order valence-electron chi connectivity index (χ4n) is 7.85. The summed E-state index contributed by atoms with van der Waals surface area (Å²) in [5.41, 5.74) is 9.91. The second-order valence-corrected chi connectivity index (χ2v) is 21.1. The molecular formula is C49H65ClF3N11O11S. The van der Waals surface area contributed by atoms with Crippen molar-refractivity contribution in [2.24, 2.45) is 22.8 Å². The summed E-state index contributed by atoms with van der Waals surface area (Å²) >= 11 is 5.57. The van der Waals surface area contributed by atoms with Gasteiger partial charge in [-0.1, -0.05) is 32.4 Å². The quantitative estimate of drug-likeness (QED) is 0.0513. The van der Waals surface area contributed by atoms with Crippen molar-refractivity contribution in [2.75, 3.05) is 44.6 Å². The lowest BCUT2D eigenvalue weighted by Gasteiger charge is -2.32. The van der Waals surface area contributed by atoms with E-state index in [0.717, 1.165) is 6.07 Å². The molecule has 76 heavy (non-hydrogen) atoms. The van der Waals surface area contributed by atoms with Crippen molar-refractivity contribution in [2.45, 2.75) is 107 Å². The van der Waals surface area contributed by atoms with E-state index in [4.69, 9.17) is 23.1 Å². The monoisotopic (exact) mass is 1110 g/mol. The second kappa shape index (κ2) is 28.4. The molecule has 4 rings (SSSR count). The number of carboxylic acid groups (broad SMARTS) is 1. The van der Waals surface area contributed by atoms with Crippen molar-refractivity contribution in [1.29, 1.82) is 0 Å². The highest BCUT2D eigenvalue weighted by atomic mass is 35.5. The molecule has 0 bridgehead atoms. The number of nitrogens with one attached hydrogen (secondary N) is 7. The molecule has 2 aromatic carbocycles. The highest BCUT2D eigenvalue weighted by Crippen LogP contribution is 2.36. The molecule has 1 saturated heterocycles. The zero-order valence-corrected chi connectivity index (χ0v) is 43.7. The Morgan fingerprint density at radius 1 is 0.789 bits per heavy atom. The number of pyridine rings is 1. The largest absolute Gasteiger partial charge is 0.480 e. The lowest BCUT2D eigenvalue weighted by Crippen LogP contribution is -2.57. The maximum Gasteiger partial charge on any atom is 0.417 e. The van der Waals surface area contributed by atoms with E-state index in [0.29, 0.717) is 61.5 Å². The van der Waals surface area contributed by atoms with Gasteiger partial charge in [0.1, 0.15) is 24.2 Å². The Morgan fingerprint density at radius 3 is 2.04 bits per heavy atom. The van der Waals surface area contributed by atoms with Gasteiger partial charge in [0.25, 0.3) is 5.91 Å². The van der Waals surface area contributed by atoms with E-state index in [1.807, 2.05) is 0 Å². The maximum absolute atomic E-state index is 14.0. The Balaban J connectivity index is 1.34. The van der Waals surface area contributed by atoms with Crippen molar-refractivity contribution in [1.82, 2.24) is 41.2 Å². The molecule has 1 aliphatic heterocycles. The molecule has 0 radical (unpaired) electrons. The zero-order chi connectivity index (χ0) is 56.4. The minimum Gasteiger partial charge on any atom is -0.480 e. The number of hydrogen-bond donors (Lipinski definition) is 10. The van der Waals surface area contributed by atoms with E-state index in [1.54, 1.807) is 42.5 Å². The van der Waals surface area contributed by atoms with Crippen LogP contribution in [0.1, 0.15) is 87.2 Å². The van der Waals surface area contributed by atoms with Gasteiger partial charge in [-0.25, -0.2) is 8.42 Å². The molecule has 7 amide bonds. The van der Waals surface area contributed by atoms with Crippen molar-refractivity contribution in [3.05, 3.63) is 88.7 Å². The predicted molar refractivity (Wildman–Crippen MR) is 272 cm³/mol. The number of hydrogen-bond acceptors (Lipinski definition) is 13. The molecule has 12 N–H and O–H groups in total. The van der Waals surface area contributed by atoms with Gasteiger partial charge in [0.05, 0.1) is 22.0 Å². The van der Waals surface area contributed by atoms with Crippen LogP contribution in [0.4, 0.5) is 18.9 Å². The van der Waals surface area contributed by atoms with Crippen LogP contribution in [0.5, 0.6) is 0 Å². The number of piperidine rings is 1. The molecule has 22 nitrogen and oxygen atoms in total. The molecular weight excluding hydrogens is 1040 g/mol. The summed E-state index contributed by atoms with van der Waals surface area (Å²) in [6, 6.07) is 5.68. The van der Waals surface area contributed by atoms with Gasteiger partial charge < -0.3 is 53.4 Å². The summed E-state index contributed by atoms with van der Waals surface area (Å²) in [6.45, 7) is 5.91. The molecule has 0 saturated carbocycles. The van der Waals surface area contributed by atoms with Crippen molar-refractivity contribution in [3.8, 4) is 0 Å². The highest BCUT2D eigenvalue weighted by Gasteiger charge is 2.37. The topological polar surface area (TPSA) is 343 Å². The van der Waals surface area contributed by atoms with Crippen LogP contribution in [0.25, 0.3) is 0 Å². The third kappa shape index (κ3) is 19.1. The van der Waals surface area contributed by atoms with Gasteiger partial charge in [-0.3, -0.25) is 43.3 Å². The Labute approximate surface area is 442 Å². The average Bonchev–Trinajstić information content (AvgIpc) is 3.36. The number of anilines is 1. The number of likely N-dealkylation sites (tertiary alicyclic amines) is 1. The number of carboxylic acids is 1. The molecule has 1 fully saturated rings. The van der Waals surface area contributed by atoms with Crippen LogP contribution in [0.15, 0.2) is 71.9 Å². The van der Waals surface area contributed by atoms with Gasteiger partial charge in [0.2, 0.25) is 45.5 Å². The molecule has 1 aromatic heterocycles. The molecule has 27 heteroatoms. The molecule has 0 aliphatic carbocycles. The Kier molecular flexibility index (Phi) is 23.1. The summed E-state index contributed by atoms with van der Waals surface area (Å²) in [4.78, 5) is 110. The number of benzene rings is 2. The molecule has 3 aromatic rings. The number of aliphatic carboxylic acids is 1. The summed E-state index contributed by atoms with van der Waals surface area (Å²) in [5.74, 6) is -6.28. The van der Waals surface area contributed by atoms with Crippen LogP contribution in [-0.4, -0.2) is 134 Å². The third-order valence-corrected chi connectivity index (χ3v) is 13.9. The number of unbranched alkanes of at least 4 members (excludes halogenated alkanes) is 1. The van der Waals surface area contributed by atoms with Crippen LogP contribution >= 0.6 is 11.6 Å². The van der Waals surface area contributed by atoms with Gasteiger partial charge in [-0.15, -0.1) is 0 Å². The Morgan fingerprint density at radius 2 is 1.45 bits per heavy atom. The third-order valence-electron chi connectivity index (χ3n) is 12.1. The fourth-order valence-corrected chi connectivity index (χ4v) is 9.33. The Bertz CT molecular complexity index is 2640. The standard InChI is InChI=1S/C49H65ClF3N11O11S/c1-48(2,3)41(45(70)59-32-9-7-31(8-10-32)46(71)64-24-17-30(18-25-64)42(67)61-36(6-4-5-19-54)43(68)57-23-20-55)62-44(69)38(26-29-15-21-56-22-16-29)60-40(66)28-58-39(65)14-13-37(47(72)73)63-76(74,75)33-11-12-35(50)34(27-33)49(51,52)53/h7-12,15-16,21-22,27,30,36-38,41,63H,4-6,13-14,17-20,23-26,28,54-55H2,1-3H3,(H,57,68)(H,58,65)(H,59,70)(H,60,66)(H,61,67)(H,62,69)(H,72,73)/t36-,37+,38+,41-/m1/s1. The number of sulfonamides is 1. The predicted octanol–water partition coefficient (Wildman–Crippen LogP) is 1.82. The number of nitrogens with zero attached hydrogens (tertiary/aromatic N) is 2. The number of nitrogens with two attached hydrogens (primary N) is 2. The normalized spacial score (nSPS) is 14.8. The minimum atomic E-state index is -5.02. The number of carbonyl (C=O) groups excluding carboxylic acids is 7. The van der Waals surface area contributed by atoms with Crippen molar-refractivity contribution in [3.63, 3.8) is 0 Å². The van der Waals surface area contributed by atoms with Crippen LogP contribution in [0.3, 0.4) is 0 Å². The number of carbonyl (C=O) groups is 8. The lowest BCUT2D eigenvalue weighted by molar-refractivity contribution is -0.139. The van der Waals surface area contributed by atoms with E-state index in [9.17, 15) is 65.1 Å². The maximum atomic E-state index is 14.0. The first-order valence-electron chi connectivity index (χ1n) is 24.3. The van der Waals surface area contributed by atoms with Crippen LogP contribution in [0.2, 0.25) is 5.02 Å². The number of halogens is 4. The van der Waals surface area contributed by atoms with Crippen molar-refractivity contribution < 1.29 is 65.1 Å². The van der Waals surface area contributed by atoms with E-state index < -0.39 is 116 Å². The average molecular weight is 1110 g/mol. The van der Waals surface area contributed by atoms with E-state index in [-0.39, 0.29) is 56.4 Å².